The maximum atomic E-state index is 13.0. The van der Waals surface area contributed by atoms with Crippen LogP contribution in [0, 0.1) is 5.82 Å². The van der Waals surface area contributed by atoms with Crippen LogP contribution in [0.3, 0.4) is 0 Å². The predicted molar refractivity (Wildman–Crippen MR) is 106 cm³/mol. The first-order valence-corrected chi connectivity index (χ1v) is 9.46. The minimum Gasteiger partial charge on any atom is -0.483 e. The van der Waals surface area contributed by atoms with Gasteiger partial charge in [-0.2, -0.15) is 10.1 Å². The smallest absolute Gasteiger partial charge is 0.262 e. The average molecular weight is 460 g/mol. The molecule has 2 N–H and O–H groups in total. The minimum absolute atomic E-state index is 0.158. The number of benzene rings is 2. The van der Waals surface area contributed by atoms with Gasteiger partial charge in [0.1, 0.15) is 17.9 Å². The second-order valence-corrected chi connectivity index (χ2v) is 7.24. The summed E-state index contributed by atoms with van der Waals surface area (Å²) in [6.07, 6.45) is 1.52. The van der Waals surface area contributed by atoms with Crippen molar-refractivity contribution in [2.24, 2.45) is 0 Å². The van der Waals surface area contributed by atoms with Crippen LogP contribution in [-0.4, -0.2) is 33.2 Å². The zero-order chi connectivity index (χ0) is 20.4. The number of hydrogen-bond acceptors (Lipinski definition) is 5. The van der Waals surface area contributed by atoms with Crippen LogP contribution in [0.4, 0.5) is 16.0 Å². The van der Waals surface area contributed by atoms with Crippen molar-refractivity contribution in [1.29, 1.82) is 0 Å². The number of nitrogens with one attached hydrogen (secondary N) is 2. The number of amides is 2. The molecule has 0 spiro atoms. The molecule has 0 bridgehead atoms. The van der Waals surface area contributed by atoms with Crippen molar-refractivity contribution in [3.63, 3.8) is 0 Å². The molecule has 2 aromatic carbocycles. The highest BCUT2D eigenvalue weighted by atomic mass is 79.9. The topological polar surface area (TPSA) is 98.1 Å². The van der Waals surface area contributed by atoms with E-state index in [1.807, 2.05) is 6.07 Å². The van der Waals surface area contributed by atoms with Crippen molar-refractivity contribution >= 4 is 39.4 Å². The van der Waals surface area contributed by atoms with E-state index in [1.165, 1.54) is 30.6 Å². The molecule has 1 aliphatic heterocycles. The molecule has 8 nitrogen and oxygen atoms in total. The maximum absolute atomic E-state index is 13.0. The molecule has 10 heteroatoms. The number of nitrogens with zero attached hydrogens (tertiary/aromatic N) is 3. The van der Waals surface area contributed by atoms with Gasteiger partial charge in [-0.05, 0) is 42.5 Å². The summed E-state index contributed by atoms with van der Waals surface area (Å²) in [4.78, 5) is 28.3. The summed E-state index contributed by atoms with van der Waals surface area (Å²) >= 11 is 3.43. The summed E-state index contributed by atoms with van der Waals surface area (Å²) in [7, 11) is 0. The van der Waals surface area contributed by atoms with Crippen molar-refractivity contribution in [1.82, 2.24) is 14.8 Å². The summed E-state index contributed by atoms with van der Waals surface area (Å²) in [5.41, 5.74) is 1.16. The van der Waals surface area contributed by atoms with Gasteiger partial charge in [0.05, 0.1) is 12.5 Å². The lowest BCUT2D eigenvalue weighted by Crippen LogP contribution is -2.30. The molecule has 0 radical (unpaired) electrons. The molecule has 1 aromatic heterocycles. The van der Waals surface area contributed by atoms with Crippen LogP contribution >= 0.6 is 15.9 Å². The summed E-state index contributed by atoms with van der Waals surface area (Å²) in [6.45, 7) is -0.255. The summed E-state index contributed by atoms with van der Waals surface area (Å²) in [6, 6.07) is 10.3. The molecule has 148 valence electrons. The van der Waals surface area contributed by atoms with E-state index in [-0.39, 0.29) is 24.8 Å². The lowest BCUT2D eigenvalue weighted by atomic mass is 10.0. The average Bonchev–Trinajstić information content (AvgIpc) is 3.16. The summed E-state index contributed by atoms with van der Waals surface area (Å²) in [5.74, 6) is -0.165. The van der Waals surface area contributed by atoms with Crippen molar-refractivity contribution < 1.29 is 18.7 Å². The molecule has 2 heterocycles. The van der Waals surface area contributed by atoms with Gasteiger partial charge >= 0.3 is 0 Å². The number of fused-ring (bicyclic) bond motifs is 1. The Morgan fingerprint density at radius 1 is 1.31 bits per heavy atom. The van der Waals surface area contributed by atoms with Crippen LogP contribution in [0.2, 0.25) is 0 Å². The minimum atomic E-state index is -0.422. The molecular weight excluding hydrogens is 445 g/mol. The molecule has 2 amide bonds. The van der Waals surface area contributed by atoms with Gasteiger partial charge in [0.15, 0.2) is 6.61 Å². The highest BCUT2D eigenvalue weighted by Crippen LogP contribution is 2.36. The number of carbonyl (C=O) groups is 2. The number of rotatable bonds is 5. The summed E-state index contributed by atoms with van der Waals surface area (Å²) in [5, 5.41) is 9.49. The third kappa shape index (κ3) is 4.27. The predicted octanol–water partition coefficient (Wildman–Crippen LogP) is 3.13. The maximum Gasteiger partial charge on any atom is 0.262 e. The van der Waals surface area contributed by atoms with Crippen LogP contribution in [0.25, 0.3) is 0 Å². The van der Waals surface area contributed by atoms with Gasteiger partial charge in [0, 0.05) is 15.7 Å². The molecule has 0 fully saturated rings. The van der Waals surface area contributed by atoms with Crippen LogP contribution in [0.1, 0.15) is 18.0 Å². The molecule has 3 aromatic rings. The zero-order valence-corrected chi connectivity index (χ0v) is 16.5. The van der Waals surface area contributed by atoms with E-state index in [0.717, 1.165) is 4.47 Å². The molecule has 0 aliphatic carbocycles. The van der Waals surface area contributed by atoms with Gasteiger partial charge in [0.2, 0.25) is 11.9 Å². The van der Waals surface area contributed by atoms with Crippen molar-refractivity contribution in [2.45, 2.75) is 12.5 Å². The number of hydrogen-bond donors (Lipinski definition) is 2. The normalized spacial score (nSPS) is 15.4. The Labute approximate surface area is 173 Å². The second kappa shape index (κ2) is 8.00. The number of aromatic nitrogens is 3. The van der Waals surface area contributed by atoms with E-state index >= 15 is 0 Å². The van der Waals surface area contributed by atoms with Gasteiger partial charge in [0.25, 0.3) is 5.91 Å². The van der Waals surface area contributed by atoms with Crippen molar-refractivity contribution in [3.05, 3.63) is 64.6 Å². The Morgan fingerprint density at radius 2 is 2.10 bits per heavy atom. The first-order chi connectivity index (χ1) is 14.0. The molecule has 1 atom stereocenters. The number of anilines is 2. The number of ether oxygens (including phenoxy) is 1. The fourth-order valence-electron chi connectivity index (χ4n) is 3.03. The molecule has 0 saturated heterocycles. The SMILES string of the molecule is O=C(COc1ccc(Br)cc1[C@@H]1CC(=O)Nc2ncnn21)Nc1ccc(F)cc1. The molecule has 4 rings (SSSR count). The van der Waals surface area contributed by atoms with E-state index < -0.39 is 11.9 Å². The molecule has 0 unspecified atom stereocenters. The van der Waals surface area contributed by atoms with E-state index in [1.54, 1.807) is 16.8 Å². The second-order valence-electron chi connectivity index (χ2n) is 6.32. The van der Waals surface area contributed by atoms with Gasteiger partial charge in [-0.25, -0.2) is 9.07 Å². The third-order valence-electron chi connectivity index (χ3n) is 4.32. The van der Waals surface area contributed by atoms with Crippen molar-refractivity contribution in [2.75, 3.05) is 17.2 Å². The van der Waals surface area contributed by atoms with Gasteiger partial charge in [-0.1, -0.05) is 15.9 Å². The fourth-order valence-corrected chi connectivity index (χ4v) is 3.41. The van der Waals surface area contributed by atoms with E-state index in [2.05, 4.69) is 36.6 Å². The first kappa shape index (κ1) is 19.1. The van der Waals surface area contributed by atoms with Crippen LogP contribution in [-0.2, 0) is 9.59 Å². The Bertz CT molecular complexity index is 1070. The number of carbonyl (C=O) groups excluding carboxylic acids is 2. The molecule has 29 heavy (non-hydrogen) atoms. The van der Waals surface area contributed by atoms with Crippen LogP contribution in [0.5, 0.6) is 5.75 Å². The third-order valence-corrected chi connectivity index (χ3v) is 4.81. The first-order valence-electron chi connectivity index (χ1n) is 8.66. The van der Waals surface area contributed by atoms with Gasteiger partial charge < -0.3 is 10.1 Å². The Balaban J connectivity index is 1.53. The summed E-state index contributed by atoms with van der Waals surface area (Å²) < 4.78 is 21.1. The number of halogens is 2. The Morgan fingerprint density at radius 3 is 2.90 bits per heavy atom. The molecule has 1 aliphatic rings. The van der Waals surface area contributed by atoms with Crippen LogP contribution < -0.4 is 15.4 Å². The standard InChI is InChI=1S/C19H15BrFN5O3/c20-11-1-6-16(29-9-18(28)24-13-4-2-12(21)3-5-13)14(7-11)15-8-17(27)25-19-22-10-23-26(15)19/h1-7,10,15H,8-9H2,(H,24,28)(H,22,23,25,27)/t15-/m0/s1. The van der Waals surface area contributed by atoms with E-state index in [4.69, 9.17) is 4.74 Å². The van der Waals surface area contributed by atoms with Gasteiger partial charge in [-0.3, -0.25) is 14.9 Å². The monoisotopic (exact) mass is 459 g/mol. The largest absolute Gasteiger partial charge is 0.483 e. The molecule has 0 saturated carbocycles. The van der Waals surface area contributed by atoms with Crippen molar-refractivity contribution in [3.8, 4) is 5.75 Å². The quantitative estimate of drug-likeness (QED) is 0.610. The highest BCUT2D eigenvalue weighted by molar-refractivity contribution is 9.10. The van der Waals surface area contributed by atoms with Gasteiger partial charge in [-0.15, -0.1) is 0 Å². The molecular formula is C19H15BrFN5O3. The Kier molecular flexibility index (Phi) is 5.26. The van der Waals surface area contributed by atoms with E-state index in [0.29, 0.717) is 22.9 Å². The fraction of sp³-hybridized carbons (Fsp3) is 0.158. The zero-order valence-electron chi connectivity index (χ0n) is 14.9. The Hall–Kier alpha value is -3.27. The van der Waals surface area contributed by atoms with Crippen LogP contribution in [0.15, 0.2) is 53.3 Å². The lowest BCUT2D eigenvalue weighted by Gasteiger charge is -2.25. The van der Waals surface area contributed by atoms with E-state index in [9.17, 15) is 14.0 Å². The highest BCUT2D eigenvalue weighted by Gasteiger charge is 2.30. The lowest BCUT2D eigenvalue weighted by molar-refractivity contribution is -0.118.